The van der Waals surface area contributed by atoms with E-state index in [4.69, 9.17) is 0 Å². The molecule has 0 aliphatic heterocycles. The van der Waals surface area contributed by atoms with Crippen molar-refractivity contribution in [1.82, 2.24) is 5.32 Å². The van der Waals surface area contributed by atoms with E-state index in [-0.39, 0.29) is 5.91 Å². The van der Waals surface area contributed by atoms with Crippen molar-refractivity contribution >= 4 is 23.4 Å². The number of nitrogens with one attached hydrogen (secondary N) is 2. The van der Waals surface area contributed by atoms with Gasteiger partial charge in [-0.15, -0.1) is 0 Å². The summed E-state index contributed by atoms with van der Waals surface area (Å²) in [6, 6.07) is 8.37. The van der Waals surface area contributed by atoms with Crippen LogP contribution in [0.5, 0.6) is 0 Å². The fourth-order valence-corrected chi connectivity index (χ4v) is 3.56. The van der Waals surface area contributed by atoms with Gasteiger partial charge in [-0.1, -0.05) is 18.6 Å². The minimum Gasteiger partial charge on any atom is -0.325 e. The monoisotopic (exact) mass is 278 g/mol. The first-order chi connectivity index (χ1) is 9.19. The second-order valence-electron chi connectivity index (χ2n) is 5.11. The Labute approximate surface area is 119 Å². The number of benzene rings is 1. The number of aryl methyl sites for hydroxylation is 1. The molecule has 0 radical (unpaired) electrons. The predicted molar refractivity (Wildman–Crippen MR) is 82.8 cm³/mol. The van der Waals surface area contributed by atoms with Crippen LogP contribution in [0.3, 0.4) is 0 Å². The molecule has 1 aromatic carbocycles. The number of rotatable bonds is 5. The fraction of sp³-hybridized carbons (Fsp3) is 0.533. The second kappa shape index (κ2) is 6.96. The molecule has 2 N–H and O–H groups in total. The fourth-order valence-electron chi connectivity index (χ4n) is 2.59. The Bertz CT molecular complexity index is 436. The normalized spacial score (nSPS) is 22.4. The van der Waals surface area contributed by atoms with Crippen LogP contribution < -0.4 is 10.6 Å². The summed E-state index contributed by atoms with van der Waals surface area (Å²) >= 11 is 1.90. The van der Waals surface area contributed by atoms with Crippen LogP contribution in [0.4, 0.5) is 5.69 Å². The van der Waals surface area contributed by atoms with Gasteiger partial charge in [0.25, 0.3) is 0 Å². The van der Waals surface area contributed by atoms with Crippen molar-refractivity contribution in [3.8, 4) is 0 Å². The van der Waals surface area contributed by atoms with Gasteiger partial charge in [-0.05, 0) is 43.7 Å². The van der Waals surface area contributed by atoms with Crippen molar-refractivity contribution in [2.24, 2.45) is 0 Å². The molecule has 1 fully saturated rings. The first-order valence-electron chi connectivity index (χ1n) is 6.82. The largest absolute Gasteiger partial charge is 0.325 e. The molecule has 0 aromatic heterocycles. The van der Waals surface area contributed by atoms with Crippen LogP contribution in [0, 0.1) is 6.92 Å². The number of carbonyl (C=O) groups is 1. The molecule has 1 amide bonds. The van der Waals surface area contributed by atoms with Crippen LogP contribution in [-0.4, -0.2) is 30.0 Å². The lowest BCUT2D eigenvalue weighted by Gasteiger charge is -2.18. The van der Waals surface area contributed by atoms with Gasteiger partial charge in [-0.25, -0.2) is 0 Å². The highest BCUT2D eigenvalue weighted by molar-refractivity contribution is 7.99. The third-order valence-corrected chi connectivity index (χ3v) is 4.75. The van der Waals surface area contributed by atoms with Gasteiger partial charge in [-0.2, -0.15) is 11.8 Å². The Morgan fingerprint density at radius 2 is 2.26 bits per heavy atom. The summed E-state index contributed by atoms with van der Waals surface area (Å²) in [5, 5.41) is 6.97. The zero-order chi connectivity index (χ0) is 13.7. The SMILES string of the molecule is CSC1CCCC1NCC(=O)Nc1cccc(C)c1. The molecule has 3 nitrogen and oxygen atoms in total. The molecule has 0 heterocycles. The smallest absolute Gasteiger partial charge is 0.238 e. The van der Waals surface area contributed by atoms with Crippen molar-refractivity contribution in [3.63, 3.8) is 0 Å². The van der Waals surface area contributed by atoms with Gasteiger partial charge in [0, 0.05) is 17.0 Å². The maximum Gasteiger partial charge on any atom is 0.238 e. The van der Waals surface area contributed by atoms with Gasteiger partial charge in [0.1, 0.15) is 0 Å². The molecule has 2 rings (SSSR count). The average Bonchev–Trinajstić information content (AvgIpc) is 2.83. The van der Waals surface area contributed by atoms with Crippen molar-refractivity contribution in [2.45, 2.75) is 37.5 Å². The molecule has 104 valence electrons. The lowest BCUT2D eigenvalue weighted by molar-refractivity contribution is -0.115. The lowest BCUT2D eigenvalue weighted by Crippen LogP contribution is -2.39. The number of thioether (sulfide) groups is 1. The van der Waals surface area contributed by atoms with Gasteiger partial charge < -0.3 is 10.6 Å². The number of amides is 1. The highest BCUT2D eigenvalue weighted by Crippen LogP contribution is 2.28. The molecular weight excluding hydrogens is 256 g/mol. The maximum atomic E-state index is 11.9. The molecule has 4 heteroatoms. The molecule has 0 spiro atoms. The van der Waals surface area contributed by atoms with E-state index in [2.05, 4.69) is 16.9 Å². The number of carbonyl (C=O) groups excluding carboxylic acids is 1. The third kappa shape index (κ3) is 4.25. The number of hydrogen-bond acceptors (Lipinski definition) is 3. The molecule has 1 aliphatic carbocycles. The Morgan fingerprint density at radius 3 is 3.00 bits per heavy atom. The van der Waals surface area contributed by atoms with Crippen molar-refractivity contribution in [3.05, 3.63) is 29.8 Å². The number of hydrogen-bond donors (Lipinski definition) is 2. The summed E-state index contributed by atoms with van der Waals surface area (Å²) in [5.41, 5.74) is 2.03. The van der Waals surface area contributed by atoms with Crippen LogP contribution in [-0.2, 0) is 4.79 Å². The molecule has 2 unspecified atom stereocenters. The summed E-state index contributed by atoms with van der Waals surface area (Å²) in [6.07, 6.45) is 5.86. The highest BCUT2D eigenvalue weighted by atomic mass is 32.2. The van der Waals surface area contributed by atoms with E-state index < -0.39 is 0 Å². The van der Waals surface area contributed by atoms with Gasteiger partial charge in [0.05, 0.1) is 6.54 Å². The van der Waals surface area contributed by atoms with E-state index in [1.165, 1.54) is 19.3 Å². The standard InChI is InChI=1S/C15H22N2OS/c1-11-5-3-6-12(9-11)17-15(18)10-16-13-7-4-8-14(13)19-2/h3,5-6,9,13-14,16H,4,7-8,10H2,1-2H3,(H,17,18). The van der Waals surface area contributed by atoms with E-state index in [0.29, 0.717) is 17.8 Å². The summed E-state index contributed by atoms with van der Waals surface area (Å²) in [6.45, 7) is 2.42. The third-order valence-electron chi connectivity index (χ3n) is 3.58. The lowest BCUT2D eigenvalue weighted by atomic mass is 10.2. The van der Waals surface area contributed by atoms with Gasteiger partial charge in [-0.3, -0.25) is 4.79 Å². The van der Waals surface area contributed by atoms with E-state index in [1.807, 2.05) is 43.0 Å². The minimum atomic E-state index is 0.0392. The summed E-state index contributed by atoms with van der Waals surface area (Å²) in [5.74, 6) is 0.0392. The summed E-state index contributed by atoms with van der Waals surface area (Å²) in [4.78, 5) is 11.9. The molecule has 0 saturated heterocycles. The Kier molecular flexibility index (Phi) is 5.28. The molecule has 1 saturated carbocycles. The zero-order valence-corrected chi connectivity index (χ0v) is 12.4. The first kappa shape index (κ1) is 14.4. The maximum absolute atomic E-state index is 11.9. The van der Waals surface area contributed by atoms with Crippen LogP contribution in [0.2, 0.25) is 0 Å². The first-order valence-corrected chi connectivity index (χ1v) is 8.10. The van der Waals surface area contributed by atoms with Gasteiger partial charge in [0.15, 0.2) is 0 Å². The van der Waals surface area contributed by atoms with Crippen LogP contribution in [0.15, 0.2) is 24.3 Å². The molecule has 1 aromatic rings. The summed E-state index contributed by atoms with van der Waals surface area (Å²) < 4.78 is 0. The topological polar surface area (TPSA) is 41.1 Å². The van der Waals surface area contributed by atoms with E-state index >= 15 is 0 Å². The van der Waals surface area contributed by atoms with E-state index in [1.54, 1.807) is 0 Å². The van der Waals surface area contributed by atoms with Crippen LogP contribution >= 0.6 is 11.8 Å². The van der Waals surface area contributed by atoms with Crippen molar-refractivity contribution < 1.29 is 4.79 Å². The molecule has 19 heavy (non-hydrogen) atoms. The second-order valence-corrected chi connectivity index (χ2v) is 6.19. The average molecular weight is 278 g/mol. The Morgan fingerprint density at radius 1 is 1.42 bits per heavy atom. The highest BCUT2D eigenvalue weighted by Gasteiger charge is 2.26. The Hall–Kier alpha value is -1.00. The molecular formula is C15H22N2OS. The van der Waals surface area contributed by atoms with Gasteiger partial charge in [0.2, 0.25) is 5.91 Å². The predicted octanol–water partition coefficient (Wildman–Crippen LogP) is 2.81. The van der Waals surface area contributed by atoms with Crippen LogP contribution in [0.25, 0.3) is 0 Å². The minimum absolute atomic E-state index is 0.0392. The van der Waals surface area contributed by atoms with Crippen molar-refractivity contribution in [2.75, 3.05) is 18.1 Å². The van der Waals surface area contributed by atoms with E-state index in [9.17, 15) is 4.79 Å². The number of anilines is 1. The summed E-state index contributed by atoms with van der Waals surface area (Å²) in [7, 11) is 0. The van der Waals surface area contributed by atoms with Crippen LogP contribution in [0.1, 0.15) is 24.8 Å². The molecule has 2 atom stereocenters. The van der Waals surface area contributed by atoms with E-state index in [0.717, 1.165) is 11.3 Å². The molecule has 0 bridgehead atoms. The Balaban J connectivity index is 1.78. The van der Waals surface area contributed by atoms with Gasteiger partial charge >= 0.3 is 0 Å². The quantitative estimate of drug-likeness (QED) is 0.870. The zero-order valence-electron chi connectivity index (χ0n) is 11.6. The molecule has 1 aliphatic rings. The van der Waals surface area contributed by atoms with Crippen molar-refractivity contribution in [1.29, 1.82) is 0 Å².